The maximum atomic E-state index is 5.91. The minimum Gasteiger partial charge on any atom is -0.418 e. The summed E-state index contributed by atoms with van der Waals surface area (Å²) in [5, 5.41) is 10.5. The van der Waals surface area contributed by atoms with Gasteiger partial charge in [0.15, 0.2) is 0 Å². The van der Waals surface area contributed by atoms with Gasteiger partial charge in [-0.3, -0.25) is 4.90 Å². The molecule has 0 amide bonds. The minimum absolute atomic E-state index is 0.160. The lowest BCUT2D eigenvalue weighted by atomic mass is 10.1. The maximum Gasteiger partial charge on any atom is 0.257 e. The van der Waals surface area contributed by atoms with Gasteiger partial charge in [0.1, 0.15) is 0 Å². The number of rotatable bonds is 6. The van der Waals surface area contributed by atoms with Gasteiger partial charge in [0.05, 0.1) is 10.9 Å². The first kappa shape index (κ1) is 17.4. The Bertz CT molecular complexity index is 794. The summed E-state index contributed by atoms with van der Waals surface area (Å²) in [4.78, 5) is 6.01. The highest BCUT2D eigenvalue weighted by Gasteiger charge is 2.25. The van der Waals surface area contributed by atoms with E-state index in [0.29, 0.717) is 11.8 Å². The Morgan fingerprint density at radius 3 is 2.58 bits per heavy atom. The van der Waals surface area contributed by atoms with E-state index in [1.165, 1.54) is 5.56 Å². The second-order valence-corrected chi connectivity index (χ2v) is 7.66. The van der Waals surface area contributed by atoms with E-state index in [-0.39, 0.29) is 6.04 Å². The third-order valence-corrected chi connectivity index (χ3v) is 5.90. The Kier molecular flexibility index (Phi) is 5.43. The second-order valence-electron chi connectivity index (χ2n) is 6.71. The molecule has 1 aliphatic heterocycles. The summed E-state index contributed by atoms with van der Waals surface area (Å²) in [6.07, 6.45) is 1.12. The van der Waals surface area contributed by atoms with Crippen LogP contribution < -0.4 is 0 Å². The van der Waals surface area contributed by atoms with Crippen LogP contribution in [0, 0.1) is 0 Å². The molecule has 0 N–H and O–H groups in total. The largest absolute Gasteiger partial charge is 0.418 e. The molecule has 3 heterocycles. The zero-order chi connectivity index (χ0) is 17.8. The molecule has 4 rings (SSSR count). The maximum absolute atomic E-state index is 5.91. The summed E-state index contributed by atoms with van der Waals surface area (Å²) in [6, 6.07) is 14.9. The van der Waals surface area contributed by atoms with Gasteiger partial charge in [-0.15, -0.1) is 21.5 Å². The van der Waals surface area contributed by atoms with Gasteiger partial charge >= 0.3 is 0 Å². The molecule has 1 aromatic carbocycles. The van der Waals surface area contributed by atoms with Crippen molar-refractivity contribution in [2.75, 3.05) is 32.7 Å². The van der Waals surface area contributed by atoms with E-state index in [9.17, 15) is 0 Å². The molecule has 0 spiro atoms. The highest BCUT2D eigenvalue weighted by Crippen LogP contribution is 2.27. The number of hydrogen-bond acceptors (Lipinski definition) is 6. The van der Waals surface area contributed by atoms with Crippen LogP contribution in [0.3, 0.4) is 0 Å². The molecular formula is C20H24N4OS. The fourth-order valence-electron chi connectivity index (χ4n) is 3.37. The fraction of sp³-hybridized carbons (Fsp3) is 0.400. The van der Waals surface area contributed by atoms with E-state index >= 15 is 0 Å². The molecule has 5 nitrogen and oxygen atoms in total. The normalized spacial score (nSPS) is 17.4. The van der Waals surface area contributed by atoms with Gasteiger partial charge in [-0.2, -0.15) is 0 Å². The molecule has 1 saturated heterocycles. The topological polar surface area (TPSA) is 45.4 Å². The number of benzene rings is 1. The van der Waals surface area contributed by atoms with Crippen LogP contribution in [0.15, 0.2) is 52.3 Å². The summed E-state index contributed by atoms with van der Waals surface area (Å²) in [7, 11) is 0. The van der Waals surface area contributed by atoms with Crippen molar-refractivity contribution < 1.29 is 4.42 Å². The lowest BCUT2D eigenvalue weighted by Crippen LogP contribution is -2.47. The predicted molar refractivity (Wildman–Crippen MR) is 104 cm³/mol. The molecule has 6 heteroatoms. The minimum atomic E-state index is 0.160. The Hall–Kier alpha value is -2.02. The van der Waals surface area contributed by atoms with Crippen LogP contribution in [0.1, 0.15) is 24.4 Å². The third-order valence-electron chi connectivity index (χ3n) is 5.04. The summed E-state index contributed by atoms with van der Waals surface area (Å²) in [5.74, 6) is 1.34. The van der Waals surface area contributed by atoms with E-state index in [4.69, 9.17) is 4.42 Å². The average molecular weight is 369 g/mol. The van der Waals surface area contributed by atoms with Gasteiger partial charge in [-0.25, -0.2) is 0 Å². The molecule has 1 aliphatic rings. The van der Waals surface area contributed by atoms with Crippen LogP contribution in [0.5, 0.6) is 0 Å². The van der Waals surface area contributed by atoms with Crippen molar-refractivity contribution in [2.24, 2.45) is 0 Å². The van der Waals surface area contributed by atoms with Crippen LogP contribution in [0.2, 0.25) is 0 Å². The Labute approximate surface area is 158 Å². The first-order chi connectivity index (χ1) is 12.8. The van der Waals surface area contributed by atoms with Crippen LogP contribution in [-0.4, -0.2) is 52.7 Å². The average Bonchev–Trinajstić information content (AvgIpc) is 3.38. The third kappa shape index (κ3) is 4.03. The van der Waals surface area contributed by atoms with E-state index in [1.807, 2.05) is 17.5 Å². The standard InChI is InChI=1S/C20H24N4OS/c1-16(19-21-22-20(25-19)18-8-5-15-26-18)24-13-11-23(12-14-24)10-9-17-6-3-2-4-7-17/h2-8,15-16H,9-14H2,1H3. The smallest absolute Gasteiger partial charge is 0.257 e. The number of hydrogen-bond donors (Lipinski definition) is 0. The summed E-state index contributed by atoms with van der Waals surface area (Å²) in [5.41, 5.74) is 1.41. The molecule has 0 bridgehead atoms. The van der Waals surface area contributed by atoms with Crippen molar-refractivity contribution in [3.8, 4) is 10.8 Å². The molecule has 0 aliphatic carbocycles. The summed E-state index contributed by atoms with van der Waals surface area (Å²) < 4.78 is 5.91. The molecule has 1 atom stereocenters. The predicted octanol–water partition coefficient (Wildman–Crippen LogP) is 3.72. The van der Waals surface area contributed by atoms with E-state index in [1.54, 1.807) is 11.3 Å². The molecule has 2 aromatic heterocycles. The van der Waals surface area contributed by atoms with Gasteiger partial charge in [-0.05, 0) is 30.4 Å². The summed E-state index contributed by atoms with van der Waals surface area (Å²) in [6.45, 7) is 7.52. The molecule has 136 valence electrons. The van der Waals surface area contributed by atoms with Gasteiger partial charge in [-0.1, -0.05) is 36.4 Å². The highest BCUT2D eigenvalue weighted by atomic mass is 32.1. The first-order valence-electron chi connectivity index (χ1n) is 9.17. The molecule has 1 unspecified atom stereocenters. The first-order valence-corrected chi connectivity index (χ1v) is 10.0. The van der Waals surface area contributed by atoms with Gasteiger partial charge < -0.3 is 9.32 Å². The van der Waals surface area contributed by atoms with Crippen molar-refractivity contribution in [2.45, 2.75) is 19.4 Å². The van der Waals surface area contributed by atoms with E-state index in [2.05, 4.69) is 57.3 Å². The van der Waals surface area contributed by atoms with Crippen molar-refractivity contribution >= 4 is 11.3 Å². The molecular weight excluding hydrogens is 344 g/mol. The second kappa shape index (κ2) is 8.12. The van der Waals surface area contributed by atoms with Crippen molar-refractivity contribution in [1.29, 1.82) is 0 Å². The Balaban J connectivity index is 1.29. The van der Waals surface area contributed by atoms with Crippen LogP contribution in [-0.2, 0) is 6.42 Å². The SMILES string of the molecule is CC(c1nnc(-c2cccs2)o1)N1CCN(CCc2ccccc2)CC1. The van der Waals surface area contributed by atoms with Gasteiger partial charge in [0.25, 0.3) is 5.89 Å². The van der Waals surface area contributed by atoms with Crippen LogP contribution >= 0.6 is 11.3 Å². The molecule has 0 radical (unpaired) electrons. The Morgan fingerprint density at radius 2 is 1.85 bits per heavy atom. The molecule has 1 fully saturated rings. The van der Waals surface area contributed by atoms with Crippen molar-refractivity contribution in [3.05, 3.63) is 59.3 Å². The number of piperazine rings is 1. The highest BCUT2D eigenvalue weighted by molar-refractivity contribution is 7.13. The van der Waals surface area contributed by atoms with Gasteiger partial charge in [0.2, 0.25) is 5.89 Å². The molecule has 26 heavy (non-hydrogen) atoms. The fourth-order valence-corrected chi connectivity index (χ4v) is 4.01. The lowest BCUT2D eigenvalue weighted by Gasteiger charge is -2.36. The number of aromatic nitrogens is 2. The Morgan fingerprint density at radius 1 is 1.04 bits per heavy atom. The zero-order valence-electron chi connectivity index (χ0n) is 15.0. The van der Waals surface area contributed by atoms with Crippen molar-refractivity contribution in [1.82, 2.24) is 20.0 Å². The monoisotopic (exact) mass is 368 g/mol. The van der Waals surface area contributed by atoms with E-state index in [0.717, 1.165) is 44.0 Å². The molecule has 0 saturated carbocycles. The van der Waals surface area contributed by atoms with Crippen LogP contribution in [0.25, 0.3) is 10.8 Å². The zero-order valence-corrected chi connectivity index (χ0v) is 15.9. The lowest BCUT2D eigenvalue weighted by molar-refractivity contribution is 0.0923. The van der Waals surface area contributed by atoms with Gasteiger partial charge in [0, 0.05) is 32.7 Å². The molecule has 3 aromatic rings. The van der Waals surface area contributed by atoms with Crippen molar-refractivity contribution in [3.63, 3.8) is 0 Å². The number of nitrogens with zero attached hydrogens (tertiary/aromatic N) is 4. The summed E-state index contributed by atoms with van der Waals surface area (Å²) >= 11 is 1.62. The van der Waals surface area contributed by atoms with E-state index < -0.39 is 0 Å². The number of thiophene rings is 1. The quantitative estimate of drug-likeness (QED) is 0.663. The van der Waals surface area contributed by atoms with Crippen LogP contribution in [0.4, 0.5) is 0 Å².